The van der Waals surface area contributed by atoms with E-state index in [9.17, 15) is 18.3 Å². The molecule has 0 spiro atoms. The van der Waals surface area contributed by atoms with Crippen molar-refractivity contribution in [3.8, 4) is 5.75 Å². The van der Waals surface area contributed by atoms with Gasteiger partial charge in [-0.25, -0.2) is 0 Å². The summed E-state index contributed by atoms with van der Waals surface area (Å²) in [6, 6.07) is 5.37. The van der Waals surface area contributed by atoms with Crippen molar-refractivity contribution in [2.75, 3.05) is 0 Å². The molecule has 0 aliphatic carbocycles. The van der Waals surface area contributed by atoms with E-state index in [1.807, 2.05) is 0 Å². The summed E-state index contributed by atoms with van der Waals surface area (Å²) in [5.74, 6) is -1.21. The van der Waals surface area contributed by atoms with Gasteiger partial charge in [-0.3, -0.25) is 4.79 Å². The topological polar surface area (TPSA) is 80.7 Å². The summed E-state index contributed by atoms with van der Waals surface area (Å²) < 4.78 is 28.2. The second kappa shape index (κ2) is 8.67. The van der Waals surface area contributed by atoms with Crippen LogP contribution in [0.4, 0.5) is 0 Å². The largest absolute Gasteiger partial charge is 0.506 e. The predicted molar refractivity (Wildman–Crippen MR) is 79.4 cm³/mol. The van der Waals surface area contributed by atoms with Crippen molar-refractivity contribution >= 4 is 16.1 Å². The van der Waals surface area contributed by atoms with Gasteiger partial charge in [0.15, 0.2) is 0 Å². The molecular formula is C15H22O5S. The molecule has 0 bridgehead atoms. The van der Waals surface area contributed by atoms with Gasteiger partial charge in [0.05, 0.1) is 0 Å². The first-order chi connectivity index (χ1) is 9.97. The highest BCUT2D eigenvalue weighted by Crippen LogP contribution is 2.23. The quantitative estimate of drug-likeness (QED) is 0.558. The smallest absolute Gasteiger partial charge is 0.345 e. The lowest BCUT2D eigenvalue weighted by molar-refractivity contribution is -0.133. The molecule has 1 aromatic rings. The van der Waals surface area contributed by atoms with Crippen LogP contribution in [-0.4, -0.2) is 19.5 Å². The molecule has 0 heterocycles. The highest BCUT2D eigenvalue weighted by atomic mass is 32.2. The van der Waals surface area contributed by atoms with Crippen LogP contribution in [0.15, 0.2) is 29.2 Å². The normalized spacial score (nSPS) is 11.3. The van der Waals surface area contributed by atoms with Crippen molar-refractivity contribution in [2.45, 2.75) is 56.8 Å². The van der Waals surface area contributed by atoms with E-state index in [0.29, 0.717) is 6.42 Å². The Morgan fingerprint density at radius 1 is 1.10 bits per heavy atom. The van der Waals surface area contributed by atoms with Gasteiger partial charge in [0.25, 0.3) is 0 Å². The molecule has 0 aromatic heterocycles. The molecule has 21 heavy (non-hydrogen) atoms. The van der Waals surface area contributed by atoms with Crippen molar-refractivity contribution in [2.24, 2.45) is 0 Å². The Morgan fingerprint density at radius 3 is 2.38 bits per heavy atom. The van der Waals surface area contributed by atoms with Gasteiger partial charge in [0.1, 0.15) is 10.6 Å². The summed E-state index contributed by atoms with van der Waals surface area (Å²) >= 11 is 0. The molecule has 0 aliphatic heterocycles. The van der Waals surface area contributed by atoms with E-state index in [-0.39, 0.29) is 11.3 Å². The number of para-hydroxylation sites is 1. The second-order valence-corrected chi connectivity index (χ2v) is 6.41. The number of hydrogen-bond donors (Lipinski definition) is 1. The van der Waals surface area contributed by atoms with Crippen LogP contribution in [0.2, 0.25) is 0 Å². The van der Waals surface area contributed by atoms with Gasteiger partial charge in [0, 0.05) is 6.42 Å². The number of aromatic hydroxyl groups is 1. The Labute approximate surface area is 126 Å². The van der Waals surface area contributed by atoms with E-state index in [1.54, 1.807) is 0 Å². The summed E-state index contributed by atoms with van der Waals surface area (Å²) in [5.41, 5.74) is 0. The Hall–Kier alpha value is -1.56. The molecule has 0 saturated heterocycles. The zero-order valence-corrected chi connectivity index (χ0v) is 13.1. The number of benzene rings is 1. The van der Waals surface area contributed by atoms with Gasteiger partial charge in [-0.05, 0) is 18.6 Å². The van der Waals surface area contributed by atoms with E-state index in [4.69, 9.17) is 0 Å². The maximum absolute atomic E-state index is 11.8. The van der Waals surface area contributed by atoms with Crippen molar-refractivity contribution < 1.29 is 22.5 Å². The van der Waals surface area contributed by atoms with E-state index in [0.717, 1.165) is 25.7 Å². The summed E-state index contributed by atoms with van der Waals surface area (Å²) in [6.07, 6.45) is 6.05. The number of phenols is 1. The molecule has 1 N–H and O–H groups in total. The predicted octanol–water partition coefficient (Wildman–Crippen LogP) is 3.37. The van der Waals surface area contributed by atoms with E-state index in [1.165, 1.54) is 30.7 Å². The molecule has 0 atom stereocenters. The maximum atomic E-state index is 11.8. The van der Waals surface area contributed by atoms with Gasteiger partial charge < -0.3 is 9.29 Å². The minimum absolute atomic E-state index is 0.0684. The Morgan fingerprint density at radius 2 is 1.71 bits per heavy atom. The van der Waals surface area contributed by atoms with Crippen LogP contribution in [0.1, 0.15) is 51.9 Å². The summed E-state index contributed by atoms with van der Waals surface area (Å²) in [6.45, 7) is 2.13. The Balaban J connectivity index is 2.42. The number of hydrogen-bond acceptors (Lipinski definition) is 5. The summed E-state index contributed by atoms with van der Waals surface area (Å²) in [7, 11) is -4.24. The fourth-order valence-electron chi connectivity index (χ4n) is 1.93. The molecule has 0 amide bonds. The van der Waals surface area contributed by atoms with Gasteiger partial charge in [-0.15, -0.1) is 0 Å². The van der Waals surface area contributed by atoms with Crippen LogP contribution in [0.3, 0.4) is 0 Å². The van der Waals surface area contributed by atoms with Crippen LogP contribution in [0.5, 0.6) is 5.75 Å². The third-order valence-electron chi connectivity index (χ3n) is 3.07. The van der Waals surface area contributed by atoms with Crippen LogP contribution >= 0.6 is 0 Å². The molecule has 1 aromatic carbocycles. The fourth-order valence-corrected chi connectivity index (χ4v) is 2.91. The third-order valence-corrected chi connectivity index (χ3v) is 4.36. The number of rotatable bonds is 9. The highest BCUT2D eigenvalue weighted by molar-refractivity contribution is 7.87. The molecule has 0 unspecified atom stereocenters. The van der Waals surface area contributed by atoms with Crippen LogP contribution < -0.4 is 0 Å². The van der Waals surface area contributed by atoms with Crippen molar-refractivity contribution in [1.29, 1.82) is 0 Å². The standard InChI is InChI=1S/C15H22O5S/c1-2-3-4-5-6-7-12-15(17)20-21(18,19)14-11-9-8-10-13(14)16/h8-11,16H,2-7,12H2,1H3. The Kier molecular flexibility index (Phi) is 7.22. The van der Waals surface area contributed by atoms with E-state index < -0.39 is 21.8 Å². The minimum atomic E-state index is -4.24. The van der Waals surface area contributed by atoms with Crippen LogP contribution in [-0.2, 0) is 19.1 Å². The number of carbonyl (C=O) groups is 1. The molecule has 0 fully saturated rings. The molecule has 5 nitrogen and oxygen atoms in total. The third kappa shape index (κ3) is 6.16. The van der Waals surface area contributed by atoms with Gasteiger partial charge >= 0.3 is 16.1 Å². The van der Waals surface area contributed by atoms with Gasteiger partial charge in [-0.2, -0.15) is 8.42 Å². The lowest BCUT2D eigenvalue weighted by atomic mass is 10.1. The zero-order chi connectivity index (χ0) is 15.7. The average Bonchev–Trinajstić information content (AvgIpc) is 2.42. The summed E-state index contributed by atoms with van der Waals surface area (Å²) in [4.78, 5) is 11.2. The maximum Gasteiger partial charge on any atom is 0.345 e. The SMILES string of the molecule is CCCCCCCCC(=O)OS(=O)(=O)c1ccccc1O. The van der Waals surface area contributed by atoms with Crippen molar-refractivity contribution in [3.05, 3.63) is 24.3 Å². The summed E-state index contributed by atoms with van der Waals surface area (Å²) in [5, 5.41) is 9.49. The van der Waals surface area contributed by atoms with Crippen LogP contribution in [0, 0.1) is 0 Å². The zero-order valence-electron chi connectivity index (χ0n) is 12.2. The Bertz CT molecular complexity index is 551. The first kappa shape index (κ1) is 17.5. The second-order valence-electron chi connectivity index (χ2n) is 4.89. The first-order valence-electron chi connectivity index (χ1n) is 7.22. The minimum Gasteiger partial charge on any atom is -0.506 e. The molecular weight excluding hydrogens is 292 g/mol. The van der Waals surface area contributed by atoms with Crippen LogP contribution in [0.25, 0.3) is 0 Å². The number of carbonyl (C=O) groups excluding carboxylic acids is 1. The number of phenolic OH excluding ortho intramolecular Hbond substituents is 1. The first-order valence-corrected chi connectivity index (χ1v) is 8.63. The number of unbranched alkanes of at least 4 members (excludes halogenated alkanes) is 5. The average molecular weight is 314 g/mol. The molecule has 118 valence electrons. The molecule has 0 radical (unpaired) electrons. The fraction of sp³-hybridized carbons (Fsp3) is 0.533. The lowest BCUT2D eigenvalue weighted by Gasteiger charge is -2.07. The highest BCUT2D eigenvalue weighted by Gasteiger charge is 2.22. The molecule has 6 heteroatoms. The van der Waals surface area contributed by atoms with Gasteiger partial charge in [-0.1, -0.05) is 51.2 Å². The van der Waals surface area contributed by atoms with Crippen molar-refractivity contribution in [3.63, 3.8) is 0 Å². The van der Waals surface area contributed by atoms with E-state index >= 15 is 0 Å². The molecule has 0 aliphatic rings. The van der Waals surface area contributed by atoms with Gasteiger partial charge in [0.2, 0.25) is 0 Å². The van der Waals surface area contributed by atoms with E-state index in [2.05, 4.69) is 11.1 Å². The monoisotopic (exact) mass is 314 g/mol. The molecule has 1 rings (SSSR count). The molecule has 0 saturated carbocycles. The van der Waals surface area contributed by atoms with Crippen molar-refractivity contribution in [1.82, 2.24) is 0 Å². The lowest BCUT2D eigenvalue weighted by Crippen LogP contribution is -2.13.